The van der Waals surface area contributed by atoms with Crippen molar-refractivity contribution in [3.63, 3.8) is 0 Å². The molecule has 10 heavy (non-hydrogen) atoms. The minimum atomic E-state index is 0.668. The van der Waals surface area contributed by atoms with E-state index < -0.39 is 0 Å². The van der Waals surface area contributed by atoms with E-state index in [2.05, 4.69) is 30.2 Å². The molecule has 0 heterocycles. The maximum atomic E-state index is 3.14. The molecule has 0 rings (SSSR count). The molecule has 0 amide bonds. The maximum Gasteiger partial charge on any atom is 0.0188 e. The number of rotatable bonds is 5. The van der Waals surface area contributed by atoms with Gasteiger partial charge >= 0.3 is 0 Å². The minimum Gasteiger partial charge on any atom is -0.246 e. The zero-order chi connectivity index (χ0) is 7.98. The van der Waals surface area contributed by atoms with Crippen LogP contribution in [0.15, 0.2) is 0 Å². The molecule has 0 aliphatic heterocycles. The summed E-state index contributed by atoms with van der Waals surface area (Å²) < 4.78 is 0. The van der Waals surface area contributed by atoms with E-state index in [4.69, 9.17) is 0 Å². The van der Waals surface area contributed by atoms with Crippen LogP contribution in [0.5, 0.6) is 0 Å². The quantitative estimate of drug-likeness (QED) is 0.466. The fourth-order valence-corrected chi connectivity index (χ4v) is 0.527. The van der Waals surface area contributed by atoms with E-state index in [1.54, 1.807) is 5.12 Å². The number of nitrogens with one attached hydrogen (secondary N) is 3. The molecule has 0 saturated carbocycles. The highest BCUT2D eigenvalue weighted by Crippen LogP contribution is 1.85. The molecule has 0 aromatic heterocycles. The van der Waals surface area contributed by atoms with Crippen molar-refractivity contribution in [3.8, 4) is 0 Å². The molecule has 0 aromatic rings. The van der Waals surface area contributed by atoms with Gasteiger partial charge in [0.1, 0.15) is 0 Å². The van der Waals surface area contributed by atoms with Gasteiger partial charge in [0, 0.05) is 13.6 Å². The maximum absolute atomic E-state index is 3.14. The Morgan fingerprint density at radius 3 is 2.40 bits per heavy atom. The molecule has 62 valence electrons. The molecule has 0 aromatic carbocycles. The summed E-state index contributed by atoms with van der Waals surface area (Å²) in [7, 11) is 3.74. The van der Waals surface area contributed by atoms with Crippen LogP contribution >= 0.6 is 0 Å². The molecular weight excluding hydrogens is 128 g/mol. The van der Waals surface area contributed by atoms with Crippen LogP contribution < -0.4 is 16.4 Å². The highest BCUT2D eigenvalue weighted by atomic mass is 15.8. The first-order valence-corrected chi connectivity index (χ1v) is 3.56. The Morgan fingerprint density at radius 2 is 2.00 bits per heavy atom. The van der Waals surface area contributed by atoms with Gasteiger partial charge in [0.05, 0.1) is 0 Å². The van der Waals surface area contributed by atoms with Gasteiger partial charge in [0.15, 0.2) is 0 Å². The normalized spacial score (nSPS) is 11.4. The second kappa shape index (κ2) is 5.61. The van der Waals surface area contributed by atoms with Gasteiger partial charge in [0.25, 0.3) is 0 Å². The van der Waals surface area contributed by atoms with E-state index >= 15 is 0 Å². The number of nitrogens with zero attached hydrogens (tertiary/aromatic N) is 1. The van der Waals surface area contributed by atoms with Crippen LogP contribution in [0.25, 0.3) is 0 Å². The van der Waals surface area contributed by atoms with Crippen molar-refractivity contribution in [2.45, 2.75) is 13.8 Å². The molecule has 0 radical (unpaired) electrons. The van der Waals surface area contributed by atoms with Crippen LogP contribution in [-0.2, 0) is 0 Å². The van der Waals surface area contributed by atoms with Crippen molar-refractivity contribution in [3.05, 3.63) is 0 Å². The molecule has 3 N–H and O–H groups in total. The third-order valence-electron chi connectivity index (χ3n) is 1.02. The van der Waals surface area contributed by atoms with Gasteiger partial charge in [-0.05, 0) is 13.0 Å². The summed E-state index contributed by atoms with van der Waals surface area (Å²) >= 11 is 0. The summed E-state index contributed by atoms with van der Waals surface area (Å²) in [5.41, 5.74) is 8.82. The number of hydrogen-bond acceptors (Lipinski definition) is 4. The van der Waals surface area contributed by atoms with Gasteiger partial charge in [-0.25, -0.2) is 10.9 Å². The van der Waals surface area contributed by atoms with E-state index in [9.17, 15) is 0 Å². The Kier molecular flexibility index (Phi) is 5.52. The SMILES string of the molecule is CNNN(C)NCC(C)C. The first-order valence-electron chi connectivity index (χ1n) is 3.56. The lowest BCUT2D eigenvalue weighted by Crippen LogP contribution is -2.51. The predicted octanol–water partition coefficient (Wildman–Crippen LogP) is -0.282. The van der Waals surface area contributed by atoms with E-state index in [0.717, 1.165) is 6.54 Å². The highest BCUT2D eigenvalue weighted by Gasteiger charge is 1.95. The van der Waals surface area contributed by atoms with Gasteiger partial charge < -0.3 is 0 Å². The predicted molar refractivity (Wildman–Crippen MR) is 42.8 cm³/mol. The second-order valence-electron chi connectivity index (χ2n) is 2.68. The van der Waals surface area contributed by atoms with Crippen molar-refractivity contribution >= 4 is 0 Å². The zero-order valence-corrected chi connectivity index (χ0v) is 7.23. The average Bonchev–Trinajstić information content (AvgIpc) is 1.85. The Morgan fingerprint density at radius 1 is 1.40 bits per heavy atom. The van der Waals surface area contributed by atoms with Gasteiger partial charge in [-0.3, -0.25) is 0 Å². The van der Waals surface area contributed by atoms with Crippen molar-refractivity contribution in [1.82, 2.24) is 21.5 Å². The fraction of sp³-hybridized carbons (Fsp3) is 1.00. The molecule has 0 aliphatic rings. The minimum absolute atomic E-state index is 0.668. The molecule has 0 saturated heterocycles. The summed E-state index contributed by atoms with van der Waals surface area (Å²) in [5, 5.41) is 1.79. The molecule has 0 aliphatic carbocycles. The van der Waals surface area contributed by atoms with Crippen LogP contribution in [0.1, 0.15) is 13.8 Å². The van der Waals surface area contributed by atoms with Crippen LogP contribution in [0, 0.1) is 5.92 Å². The smallest absolute Gasteiger partial charge is 0.0188 e. The van der Waals surface area contributed by atoms with Crippen molar-refractivity contribution in [2.75, 3.05) is 20.6 Å². The Hall–Kier alpha value is -0.160. The fourth-order valence-electron chi connectivity index (χ4n) is 0.527. The third kappa shape index (κ3) is 5.97. The van der Waals surface area contributed by atoms with Crippen LogP contribution in [0.3, 0.4) is 0 Å². The van der Waals surface area contributed by atoms with E-state index in [1.807, 2.05) is 14.1 Å². The topological polar surface area (TPSA) is 39.3 Å². The monoisotopic (exact) mass is 146 g/mol. The lowest BCUT2D eigenvalue weighted by molar-refractivity contribution is 0.122. The molecule has 4 nitrogen and oxygen atoms in total. The van der Waals surface area contributed by atoms with Crippen molar-refractivity contribution in [2.24, 2.45) is 5.92 Å². The third-order valence-corrected chi connectivity index (χ3v) is 1.02. The largest absolute Gasteiger partial charge is 0.246 e. The Balaban J connectivity index is 3.12. The summed E-state index contributed by atoms with van der Waals surface area (Å²) in [6.45, 7) is 5.31. The highest BCUT2D eigenvalue weighted by molar-refractivity contribution is 4.44. The molecule has 0 atom stereocenters. The van der Waals surface area contributed by atoms with Crippen LogP contribution in [-0.4, -0.2) is 25.8 Å². The van der Waals surface area contributed by atoms with Gasteiger partial charge in [-0.15, -0.1) is 0 Å². The Bertz CT molecular complexity index is 74.1. The lowest BCUT2D eigenvalue weighted by Gasteiger charge is -2.19. The van der Waals surface area contributed by atoms with Gasteiger partial charge in [-0.1, -0.05) is 13.8 Å². The second-order valence-corrected chi connectivity index (χ2v) is 2.68. The molecule has 0 fully saturated rings. The van der Waals surface area contributed by atoms with Crippen LogP contribution in [0.2, 0.25) is 0 Å². The van der Waals surface area contributed by atoms with Crippen molar-refractivity contribution < 1.29 is 0 Å². The van der Waals surface area contributed by atoms with Gasteiger partial charge in [-0.2, -0.15) is 10.7 Å². The van der Waals surface area contributed by atoms with Crippen LogP contribution in [0.4, 0.5) is 0 Å². The summed E-state index contributed by atoms with van der Waals surface area (Å²) in [6.07, 6.45) is 0. The summed E-state index contributed by atoms with van der Waals surface area (Å²) in [5.74, 6) is 0.668. The first kappa shape index (κ1) is 9.84. The van der Waals surface area contributed by atoms with Crippen molar-refractivity contribution in [1.29, 1.82) is 0 Å². The van der Waals surface area contributed by atoms with Gasteiger partial charge in [0.2, 0.25) is 0 Å². The van der Waals surface area contributed by atoms with E-state index in [1.165, 1.54) is 0 Å². The van der Waals surface area contributed by atoms with E-state index in [0.29, 0.717) is 5.92 Å². The molecule has 4 heteroatoms. The zero-order valence-electron chi connectivity index (χ0n) is 7.23. The summed E-state index contributed by atoms with van der Waals surface area (Å²) in [4.78, 5) is 0. The first-order chi connectivity index (χ1) is 4.66. The lowest BCUT2D eigenvalue weighted by atomic mass is 10.2. The molecule has 0 unspecified atom stereocenters. The molecular formula is C6H18N4. The standard InChI is InChI=1S/C6H18N4/c1-6(2)5-8-10(4)9-7-3/h6-9H,5H2,1-4H3. The Labute approximate surface area is 62.9 Å². The molecule has 0 bridgehead atoms. The number of hydrogen-bond donors (Lipinski definition) is 3. The average molecular weight is 146 g/mol. The molecule has 0 spiro atoms. The number of hydrazine groups is 3. The van der Waals surface area contributed by atoms with E-state index in [-0.39, 0.29) is 0 Å². The summed E-state index contributed by atoms with van der Waals surface area (Å²) in [6, 6.07) is 0.